The van der Waals surface area contributed by atoms with E-state index >= 15 is 8.78 Å². The molecule has 1 saturated heterocycles. The summed E-state index contributed by atoms with van der Waals surface area (Å²) in [4.78, 5) is 62.8. The molecule has 298 valence electrons. The Kier molecular flexibility index (Phi) is 9.69. The summed E-state index contributed by atoms with van der Waals surface area (Å²) in [6.45, 7) is 6.27. The number of allylic oxidation sites excluding steroid dienone is 1. The predicted octanol–water partition coefficient (Wildman–Crippen LogP) is 5.16. The first-order chi connectivity index (χ1) is 25.8. The topological polar surface area (TPSA) is 175 Å². The van der Waals surface area contributed by atoms with E-state index in [2.05, 4.69) is 15.0 Å². The number of rotatable bonds is 6. The number of alkyl halides is 2. The molecule has 7 rings (SSSR count). The Morgan fingerprint density at radius 3 is 2.56 bits per heavy atom. The zero-order valence-electron chi connectivity index (χ0n) is 31.6. The van der Waals surface area contributed by atoms with Gasteiger partial charge in [-0.3, -0.25) is 24.0 Å². The number of carboxylic acid groups (broad SMARTS) is 1. The van der Waals surface area contributed by atoms with Crippen molar-refractivity contribution in [2.24, 2.45) is 11.8 Å². The van der Waals surface area contributed by atoms with Gasteiger partial charge in [-0.15, -0.1) is 0 Å². The Morgan fingerprint density at radius 2 is 1.87 bits per heavy atom. The van der Waals surface area contributed by atoms with E-state index in [4.69, 9.17) is 4.74 Å². The first-order valence-electron chi connectivity index (χ1n) is 19.1. The Hall–Kier alpha value is -4.34. The highest BCUT2D eigenvalue weighted by Crippen LogP contribution is 2.54. The van der Waals surface area contributed by atoms with E-state index in [0.29, 0.717) is 44.0 Å². The molecule has 1 aromatic carbocycles. The minimum atomic E-state index is -4.08. The van der Waals surface area contributed by atoms with Crippen molar-refractivity contribution in [1.29, 1.82) is 0 Å². The number of sulfonamides is 1. The summed E-state index contributed by atoms with van der Waals surface area (Å²) in [7, 11) is -4.08. The van der Waals surface area contributed by atoms with E-state index in [1.54, 1.807) is 37.3 Å². The highest BCUT2D eigenvalue weighted by atomic mass is 32.2. The van der Waals surface area contributed by atoms with Gasteiger partial charge < -0.3 is 20.1 Å². The maximum atomic E-state index is 16.6. The summed E-state index contributed by atoms with van der Waals surface area (Å²) < 4.78 is 67.2. The first kappa shape index (κ1) is 38.9. The third-order valence-electron chi connectivity index (χ3n) is 12.0. The Morgan fingerprint density at radius 1 is 1.15 bits per heavy atom. The number of hydrogen-bond donors (Lipinski definition) is 3. The number of fused-ring (bicyclic) bond motifs is 5. The van der Waals surface area contributed by atoms with Gasteiger partial charge in [-0.05, 0) is 64.4 Å². The lowest BCUT2D eigenvalue weighted by Gasteiger charge is -2.40. The highest BCUT2D eigenvalue weighted by Gasteiger charge is 2.65. The van der Waals surface area contributed by atoms with Crippen LogP contribution in [0.15, 0.2) is 36.4 Å². The molecule has 1 spiro atoms. The average Bonchev–Trinajstić information content (AvgIpc) is 3.99. The lowest BCUT2D eigenvalue weighted by Crippen LogP contribution is -2.59. The minimum absolute atomic E-state index is 0.0164. The van der Waals surface area contributed by atoms with E-state index in [-0.39, 0.29) is 47.7 Å². The highest BCUT2D eigenvalue weighted by molar-refractivity contribution is 7.91. The fraction of sp³-hybridized carbons (Fsp3) is 0.615. The molecule has 3 fully saturated rings. The number of halogens is 2. The second kappa shape index (κ2) is 13.7. The monoisotopic (exact) mass is 785 g/mol. The van der Waals surface area contributed by atoms with Gasteiger partial charge in [0.25, 0.3) is 11.8 Å². The second-order valence-corrected chi connectivity index (χ2v) is 19.0. The molecule has 5 aliphatic rings. The van der Waals surface area contributed by atoms with Crippen molar-refractivity contribution < 1.29 is 46.2 Å². The molecule has 3 N–H and O–H groups in total. The van der Waals surface area contributed by atoms with Crippen molar-refractivity contribution >= 4 is 44.7 Å². The van der Waals surface area contributed by atoms with Gasteiger partial charge in [0.2, 0.25) is 21.8 Å². The van der Waals surface area contributed by atoms with Crippen LogP contribution in [-0.4, -0.2) is 93.2 Å². The van der Waals surface area contributed by atoms with Crippen LogP contribution < -0.4 is 14.8 Å². The van der Waals surface area contributed by atoms with Crippen molar-refractivity contribution in [3.05, 3.63) is 47.7 Å². The van der Waals surface area contributed by atoms with Crippen LogP contribution in [0, 0.1) is 18.8 Å². The van der Waals surface area contributed by atoms with Crippen molar-refractivity contribution in [3.63, 3.8) is 0 Å². The zero-order chi connectivity index (χ0) is 39.7. The molecule has 2 saturated carbocycles. The molecule has 55 heavy (non-hydrogen) atoms. The number of carbonyl (C=O) groups excluding carboxylic acids is 3. The average molecular weight is 786 g/mol. The van der Waals surface area contributed by atoms with Crippen LogP contribution in [0.3, 0.4) is 0 Å². The number of pyridine rings is 1. The molecule has 0 radical (unpaired) electrons. The molecule has 4 heterocycles. The first-order valence-corrected chi connectivity index (χ1v) is 20.6. The van der Waals surface area contributed by atoms with Crippen LogP contribution in [0.2, 0.25) is 0 Å². The van der Waals surface area contributed by atoms with Crippen molar-refractivity contribution in [3.8, 4) is 5.75 Å². The largest absolute Gasteiger partial charge is 0.483 e. The molecule has 16 heteroatoms. The summed E-state index contributed by atoms with van der Waals surface area (Å²) in [6.07, 6.45) is 4.46. The van der Waals surface area contributed by atoms with E-state index in [0.717, 1.165) is 9.80 Å². The van der Waals surface area contributed by atoms with Crippen LogP contribution in [0.1, 0.15) is 96.2 Å². The summed E-state index contributed by atoms with van der Waals surface area (Å²) in [5, 5.41) is 13.3. The normalized spacial score (nSPS) is 30.5. The predicted molar refractivity (Wildman–Crippen MR) is 198 cm³/mol. The number of aryl methyl sites for hydroxylation is 1. The van der Waals surface area contributed by atoms with Crippen LogP contribution in [-0.2, 0) is 30.3 Å². The second-order valence-electron chi connectivity index (χ2n) is 16.8. The number of hydrogen-bond acceptors (Lipinski definition) is 8. The van der Waals surface area contributed by atoms with Gasteiger partial charge in [0.15, 0.2) is 5.75 Å². The van der Waals surface area contributed by atoms with Gasteiger partial charge in [-0.25, -0.2) is 27.0 Å². The number of carbonyl (C=O) groups is 4. The maximum absolute atomic E-state index is 16.6. The lowest BCUT2D eigenvalue weighted by atomic mass is 9.84. The van der Waals surface area contributed by atoms with Gasteiger partial charge in [0.1, 0.15) is 23.2 Å². The summed E-state index contributed by atoms with van der Waals surface area (Å²) in [5.74, 6) is -6.83. The minimum Gasteiger partial charge on any atom is -0.483 e. The molecule has 2 aromatic rings. The molecular formula is C39H49F2N5O8S. The fourth-order valence-electron chi connectivity index (χ4n) is 8.61. The summed E-state index contributed by atoms with van der Waals surface area (Å²) in [5.41, 5.74) is -3.24. The number of aromatic nitrogens is 1. The molecule has 2 aliphatic carbocycles. The fourth-order valence-corrected chi connectivity index (χ4v) is 9.92. The number of nitrogens with zero attached hydrogens (tertiary/aromatic N) is 3. The number of ether oxygens (including phenoxy) is 1. The molecule has 0 bridgehead atoms. The van der Waals surface area contributed by atoms with Crippen LogP contribution in [0.4, 0.5) is 13.6 Å². The number of nitrogens with one attached hydrogen (secondary N) is 2. The summed E-state index contributed by atoms with van der Waals surface area (Å²) in [6, 6.07) is 3.80. The van der Waals surface area contributed by atoms with E-state index in [9.17, 15) is 32.7 Å². The standard InChI is InChI=1S/C39H49F2N5O8S/c1-23(2)20-45(35(50)51)28-15-9-7-5-6-8-12-25-18-38(25,34(49)44-55(52,53)36(4)16-17-36)43-32(47)29-19-37(22-46(29)33(28)48)21-39(40,41)30-26-13-10-11-14-27(26)42-24(3)31(30)54-37/h8,10-14,23,25,28-29H,5-7,9,15-22H2,1-4H3,(H,43,47)(H,44,49)(H,50,51)/b12-8-/t25-,28+,29+,37+,38-/m1/s1. The summed E-state index contributed by atoms with van der Waals surface area (Å²) >= 11 is 0. The Balaban J connectivity index is 1.30. The smallest absolute Gasteiger partial charge is 0.407 e. The van der Waals surface area contributed by atoms with Crippen LogP contribution in [0.5, 0.6) is 5.75 Å². The SMILES string of the molecule is Cc1nc2ccccc2c2c1O[C@@]1(C[C@H]3C(=O)N[C@]4(C(=O)NS(=O)(=O)C5(C)CC5)C[C@H]4/C=C\CCCCC[C@H](N(CC(C)C)C(=O)O)C(=O)N3C1)CC2(F)F. The van der Waals surface area contributed by atoms with Crippen LogP contribution in [0.25, 0.3) is 10.9 Å². The molecule has 3 aliphatic heterocycles. The third-order valence-corrected chi connectivity index (χ3v) is 14.2. The molecule has 13 nitrogen and oxygen atoms in total. The van der Waals surface area contributed by atoms with Gasteiger partial charge in [-0.2, -0.15) is 0 Å². The number of benzene rings is 1. The maximum Gasteiger partial charge on any atom is 0.407 e. The Bertz CT molecular complexity index is 2070. The van der Waals surface area contributed by atoms with E-state index in [1.807, 2.05) is 19.9 Å². The molecular weight excluding hydrogens is 737 g/mol. The molecule has 0 unspecified atom stereocenters. The van der Waals surface area contributed by atoms with Gasteiger partial charge in [0, 0.05) is 24.3 Å². The van der Waals surface area contributed by atoms with Gasteiger partial charge in [-0.1, -0.05) is 57.0 Å². The molecule has 4 amide bonds. The molecule has 1 aromatic heterocycles. The quantitative estimate of drug-likeness (QED) is 0.335. The van der Waals surface area contributed by atoms with Crippen LogP contribution >= 0.6 is 0 Å². The zero-order valence-corrected chi connectivity index (χ0v) is 32.4. The Labute approximate surface area is 319 Å². The van der Waals surface area contributed by atoms with Crippen molar-refractivity contribution in [2.75, 3.05) is 13.1 Å². The van der Waals surface area contributed by atoms with E-state index < -0.39 is 93.0 Å². The van der Waals surface area contributed by atoms with Gasteiger partial charge >= 0.3 is 6.09 Å². The van der Waals surface area contributed by atoms with Crippen molar-refractivity contribution in [2.45, 2.75) is 126 Å². The van der Waals surface area contributed by atoms with E-state index in [1.165, 1.54) is 6.92 Å². The lowest BCUT2D eigenvalue weighted by molar-refractivity contribution is -0.144. The number of amides is 4. The van der Waals surface area contributed by atoms with Gasteiger partial charge in [0.05, 0.1) is 34.5 Å². The number of para-hydroxylation sites is 1. The molecule has 5 atom stereocenters. The third kappa shape index (κ3) is 7.03. The van der Waals surface area contributed by atoms with Crippen molar-refractivity contribution in [1.82, 2.24) is 24.8 Å².